The topological polar surface area (TPSA) is 72.0 Å². The molecule has 3 N–H and O–H groups in total. The van der Waals surface area contributed by atoms with Gasteiger partial charge in [-0.25, -0.2) is 5.43 Å². The minimum atomic E-state index is -0.0916. The number of hydrazone groups is 1. The summed E-state index contributed by atoms with van der Waals surface area (Å²) in [6.07, 6.45) is 5.06. The molecule has 1 fully saturated rings. The van der Waals surface area contributed by atoms with E-state index in [0.29, 0.717) is 10.7 Å². The molecule has 0 radical (unpaired) electrons. The Bertz CT molecular complexity index is 1150. The van der Waals surface area contributed by atoms with Crippen LogP contribution in [0.2, 0.25) is 5.02 Å². The number of amides is 1. The number of nitrogens with zero attached hydrogens (tertiary/aromatic N) is 3. The minimum absolute atomic E-state index is 0.0283. The molecule has 1 amide bonds. The Morgan fingerprint density at radius 2 is 1.97 bits per heavy atom. The highest BCUT2D eigenvalue weighted by Gasteiger charge is 2.44. The molecule has 0 aliphatic carbocycles. The van der Waals surface area contributed by atoms with Gasteiger partial charge in [0.15, 0.2) is 5.17 Å². The Kier molecular flexibility index (Phi) is 5.99. The molecule has 3 aliphatic rings. The van der Waals surface area contributed by atoms with Gasteiger partial charge in [0.1, 0.15) is 6.17 Å². The van der Waals surface area contributed by atoms with Crippen LogP contribution in [0.1, 0.15) is 34.7 Å². The Hall–Kier alpha value is -2.68. The van der Waals surface area contributed by atoms with E-state index in [1.54, 1.807) is 6.07 Å². The van der Waals surface area contributed by atoms with Crippen LogP contribution < -0.4 is 16.2 Å². The largest absolute Gasteiger partial charge is 0.325 e. The lowest BCUT2D eigenvalue weighted by atomic mass is 9.97. The predicted octanol–water partition coefficient (Wildman–Crippen LogP) is 4.24. The Morgan fingerprint density at radius 1 is 1.15 bits per heavy atom. The molecule has 172 valence electrons. The van der Waals surface area contributed by atoms with Crippen molar-refractivity contribution in [1.82, 2.24) is 20.8 Å². The van der Waals surface area contributed by atoms with E-state index >= 15 is 0 Å². The summed E-state index contributed by atoms with van der Waals surface area (Å²) >= 11 is 7.57. The first-order valence-electron chi connectivity index (χ1n) is 11.0. The minimum Gasteiger partial charge on any atom is -0.325 e. The highest BCUT2D eigenvalue weighted by molar-refractivity contribution is 8.14. The molecule has 3 aliphatic heterocycles. The molecule has 9 heteroatoms. The second-order valence-electron chi connectivity index (χ2n) is 8.71. The second-order valence-corrected chi connectivity index (χ2v) is 10.1. The molecule has 0 aromatic heterocycles. The van der Waals surface area contributed by atoms with E-state index in [-0.39, 0.29) is 29.9 Å². The van der Waals surface area contributed by atoms with Crippen LogP contribution in [0.4, 0.5) is 5.69 Å². The summed E-state index contributed by atoms with van der Waals surface area (Å²) in [6, 6.07) is 12.7. The van der Waals surface area contributed by atoms with Gasteiger partial charge < -0.3 is 15.2 Å². The number of halogens is 1. The fourth-order valence-electron chi connectivity index (χ4n) is 4.35. The number of nitrogens with one attached hydrogen (secondary N) is 3. The van der Waals surface area contributed by atoms with Crippen LogP contribution >= 0.6 is 23.4 Å². The van der Waals surface area contributed by atoms with Gasteiger partial charge in [0.2, 0.25) is 5.91 Å². The van der Waals surface area contributed by atoms with E-state index in [2.05, 4.69) is 69.4 Å². The highest BCUT2D eigenvalue weighted by Crippen LogP contribution is 2.35. The molecular weight excluding hydrogens is 456 g/mol. The molecule has 0 spiro atoms. The fraction of sp³-hybridized carbons (Fsp3) is 0.333. The first kappa shape index (κ1) is 22.1. The molecule has 7 nitrogen and oxygen atoms in total. The van der Waals surface area contributed by atoms with Crippen LogP contribution in [-0.2, 0) is 4.79 Å². The van der Waals surface area contributed by atoms with Crippen molar-refractivity contribution in [3.63, 3.8) is 0 Å². The smallest absolute Gasteiger partial charge is 0.234 e. The number of rotatable bonds is 4. The predicted molar refractivity (Wildman–Crippen MR) is 135 cm³/mol. The summed E-state index contributed by atoms with van der Waals surface area (Å²) in [4.78, 5) is 14.6. The summed E-state index contributed by atoms with van der Waals surface area (Å²) in [5, 5.41) is 11.0. The van der Waals surface area contributed by atoms with Crippen molar-refractivity contribution in [3.05, 3.63) is 76.1 Å². The van der Waals surface area contributed by atoms with Crippen LogP contribution in [0, 0.1) is 20.8 Å². The molecule has 3 unspecified atom stereocenters. The maximum Gasteiger partial charge on any atom is 0.234 e. The van der Waals surface area contributed by atoms with Crippen molar-refractivity contribution in [2.45, 2.75) is 45.4 Å². The van der Waals surface area contributed by atoms with E-state index in [9.17, 15) is 4.79 Å². The van der Waals surface area contributed by atoms with E-state index in [1.807, 2.05) is 25.3 Å². The number of aryl methyl sites for hydroxylation is 3. The van der Waals surface area contributed by atoms with Crippen molar-refractivity contribution in [1.29, 1.82) is 0 Å². The zero-order valence-corrected chi connectivity index (χ0v) is 20.4. The number of carbonyl (C=O) groups is 1. The van der Waals surface area contributed by atoms with Gasteiger partial charge in [0.05, 0.1) is 17.8 Å². The highest BCUT2D eigenvalue weighted by atomic mass is 35.5. The molecule has 2 aromatic rings. The summed E-state index contributed by atoms with van der Waals surface area (Å²) in [5.74, 6) is 0.173. The molecule has 2 aromatic carbocycles. The van der Waals surface area contributed by atoms with Crippen LogP contribution in [0.3, 0.4) is 0 Å². The van der Waals surface area contributed by atoms with Crippen LogP contribution in [0.15, 0.2) is 53.9 Å². The van der Waals surface area contributed by atoms with Crippen molar-refractivity contribution < 1.29 is 4.79 Å². The number of thioether (sulfide) groups is 1. The summed E-state index contributed by atoms with van der Waals surface area (Å²) < 4.78 is 0. The Labute approximate surface area is 203 Å². The zero-order chi connectivity index (χ0) is 23.1. The van der Waals surface area contributed by atoms with Gasteiger partial charge in [-0.15, -0.1) is 0 Å². The standard InChI is InChI=1S/C24H27ClN6OS/c1-14-4-6-17(10-16(14)3)20-12-21-23-27-28-24(30(23)8-9-31(21)29-20)33-13-22(32)26-18-7-5-15(2)19(25)11-18/h4-11,20-21,23,27,29H,12-13H2,1-3H3,(H,26,32). The number of hydrogen-bond donors (Lipinski definition) is 3. The zero-order valence-electron chi connectivity index (χ0n) is 18.8. The Balaban J connectivity index is 1.19. The third-order valence-electron chi connectivity index (χ3n) is 6.43. The fourth-order valence-corrected chi connectivity index (χ4v) is 5.30. The first-order valence-corrected chi connectivity index (χ1v) is 12.4. The molecule has 0 saturated carbocycles. The SMILES string of the molecule is Cc1ccc(C2CC3C4NN=C(SCC(=O)Nc5ccc(C)c(Cl)c5)N4C=CN3N2)cc1C. The van der Waals surface area contributed by atoms with E-state index in [4.69, 9.17) is 11.6 Å². The molecule has 5 rings (SSSR count). The number of hydrazine groups is 1. The average Bonchev–Trinajstić information content (AvgIpc) is 3.40. The Morgan fingerprint density at radius 3 is 2.76 bits per heavy atom. The van der Waals surface area contributed by atoms with Gasteiger partial charge in [-0.05, 0) is 61.6 Å². The van der Waals surface area contributed by atoms with Gasteiger partial charge in [-0.2, -0.15) is 5.10 Å². The van der Waals surface area contributed by atoms with Crippen molar-refractivity contribution in [2.24, 2.45) is 5.10 Å². The number of benzene rings is 2. The number of hydrogen-bond acceptors (Lipinski definition) is 7. The van der Waals surface area contributed by atoms with E-state index < -0.39 is 0 Å². The lowest BCUT2D eigenvalue weighted by molar-refractivity contribution is -0.113. The lowest BCUT2D eigenvalue weighted by Crippen LogP contribution is -2.54. The van der Waals surface area contributed by atoms with Crippen molar-refractivity contribution in [2.75, 3.05) is 11.1 Å². The molecule has 0 bridgehead atoms. The molecule has 1 saturated heterocycles. The third kappa shape index (κ3) is 4.43. The normalized spacial score (nSPS) is 23.2. The average molecular weight is 483 g/mol. The molecular formula is C24H27ClN6OS. The van der Waals surface area contributed by atoms with Gasteiger partial charge in [-0.1, -0.05) is 47.6 Å². The number of carbonyl (C=O) groups excluding carboxylic acids is 1. The monoisotopic (exact) mass is 482 g/mol. The van der Waals surface area contributed by atoms with Crippen molar-refractivity contribution >= 4 is 40.1 Å². The number of amidine groups is 1. The first-order chi connectivity index (χ1) is 15.9. The van der Waals surface area contributed by atoms with Gasteiger partial charge in [-0.3, -0.25) is 10.2 Å². The van der Waals surface area contributed by atoms with Crippen LogP contribution in [0.5, 0.6) is 0 Å². The van der Waals surface area contributed by atoms with Gasteiger partial charge in [0, 0.05) is 23.1 Å². The van der Waals surface area contributed by atoms with E-state index in [0.717, 1.165) is 17.2 Å². The lowest BCUT2D eigenvalue weighted by Gasteiger charge is -2.36. The molecule has 3 heterocycles. The maximum absolute atomic E-state index is 12.5. The van der Waals surface area contributed by atoms with Crippen LogP contribution in [-0.4, -0.2) is 38.9 Å². The second kappa shape index (κ2) is 8.93. The summed E-state index contributed by atoms with van der Waals surface area (Å²) in [7, 11) is 0. The summed E-state index contributed by atoms with van der Waals surface area (Å²) in [5.41, 5.74) is 12.5. The maximum atomic E-state index is 12.5. The molecule has 33 heavy (non-hydrogen) atoms. The molecule has 3 atom stereocenters. The van der Waals surface area contributed by atoms with E-state index in [1.165, 1.54) is 28.5 Å². The number of fused-ring (bicyclic) bond motifs is 3. The van der Waals surface area contributed by atoms with Crippen LogP contribution in [0.25, 0.3) is 0 Å². The number of anilines is 1. The summed E-state index contributed by atoms with van der Waals surface area (Å²) in [6.45, 7) is 6.23. The third-order valence-corrected chi connectivity index (χ3v) is 7.80. The van der Waals surface area contributed by atoms with Crippen molar-refractivity contribution in [3.8, 4) is 0 Å². The van der Waals surface area contributed by atoms with Gasteiger partial charge >= 0.3 is 0 Å². The quantitative estimate of drug-likeness (QED) is 0.605. The van der Waals surface area contributed by atoms with Gasteiger partial charge in [0.25, 0.3) is 0 Å².